The third-order valence-electron chi connectivity index (χ3n) is 7.72. The summed E-state index contributed by atoms with van der Waals surface area (Å²) in [7, 11) is 0. The summed E-state index contributed by atoms with van der Waals surface area (Å²) < 4.78 is 75.0. The van der Waals surface area contributed by atoms with Gasteiger partial charge in [0, 0.05) is 25.7 Å². The average molecular weight is 689 g/mol. The van der Waals surface area contributed by atoms with Gasteiger partial charge in [-0.05, 0) is 73.7 Å². The fraction of sp³-hybridized carbons (Fsp3) is 0.447. The van der Waals surface area contributed by atoms with E-state index in [0.717, 1.165) is 48.6 Å². The summed E-state index contributed by atoms with van der Waals surface area (Å²) in [6.45, 7) is 4.28. The molecule has 0 heterocycles. The number of hydrogen-bond acceptors (Lipinski definition) is 7. The quantitative estimate of drug-likeness (QED) is 0.0505. The topological polar surface area (TPSA) is 88.1 Å². The third kappa shape index (κ3) is 13.6. The maximum absolute atomic E-state index is 14.7. The van der Waals surface area contributed by atoms with Crippen LogP contribution in [0.2, 0.25) is 0 Å². The summed E-state index contributed by atoms with van der Waals surface area (Å²) in [5.41, 5.74) is 1.01. The molecule has 3 aromatic carbocycles. The molecule has 0 spiro atoms. The second-order valence-electron chi connectivity index (χ2n) is 11.6. The normalized spacial score (nSPS) is 12.0. The Morgan fingerprint density at radius 1 is 0.694 bits per heavy atom. The largest absolute Gasteiger partial charge is 0.449 e. The Balaban J connectivity index is 1.49. The minimum atomic E-state index is -4.84. The summed E-state index contributed by atoms with van der Waals surface area (Å²) in [5, 5.41) is 0. The average Bonchev–Trinajstić information content (AvgIpc) is 3.07. The molecule has 11 heteroatoms. The highest BCUT2D eigenvalue weighted by atomic mass is 19.4. The van der Waals surface area contributed by atoms with E-state index in [1.54, 1.807) is 43.3 Å². The van der Waals surface area contributed by atoms with Crippen LogP contribution in [0.1, 0.15) is 105 Å². The number of unbranched alkanes of at least 4 members (excludes halogenated alkanes) is 7. The molecule has 0 unspecified atom stereocenters. The molecule has 0 saturated heterocycles. The van der Waals surface area contributed by atoms with Gasteiger partial charge in [0.2, 0.25) is 0 Å². The molecule has 0 amide bonds. The van der Waals surface area contributed by atoms with E-state index in [-0.39, 0.29) is 30.3 Å². The molecule has 0 radical (unpaired) electrons. The number of benzene rings is 3. The lowest BCUT2D eigenvalue weighted by atomic mass is 10.0. The fourth-order valence-electron chi connectivity index (χ4n) is 4.99. The zero-order valence-corrected chi connectivity index (χ0v) is 28.0. The molecule has 0 fully saturated rings. The summed E-state index contributed by atoms with van der Waals surface area (Å²) in [6.07, 6.45) is 1.70. The van der Waals surface area contributed by atoms with Gasteiger partial charge in [-0.2, -0.15) is 13.2 Å². The predicted octanol–water partition coefficient (Wildman–Crippen LogP) is 10.1. The molecule has 0 N–H and O–H groups in total. The van der Waals surface area contributed by atoms with Crippen molar-refractivity contribution in [3.05, 3.63) is 83.7 Å². The Bertz CT molecular complexity index is 1470. The van der Waals surface area contributed by atoms with Crippen molar-refractivity contribution in [1.82, 2.24) is 0 Å². The van der Waals surface area contributed by atoms with E-state index in [4.69, 9.17) is 14.2 Å². The molecule has 0 aliphatic carbocycles. The van der Waals surface area contributed by atoms with Crippen LogP contribution in [0, 0.1) is 5.82 Å². The molecular formula is C38H44F4O7. The predicted molar refractivity (Wildman–Crippen MR) is 177 cm³/mol. The second-order valence-corrected chi connectivity index (χ2v) is 11.6. The molecule has 0 aromatic heterocycles. The van der Waals surface area contributed by atoms with Gasteiger partial charge in [0.05, 0.1) is 11.1 Å². The standard InChI is InChI=1S/C38H44F4O7/c1-3-5-6-7-8-9-10-11-14-35(43)47-30-21-19-28(20-22-30)27-15-17-29(18-16-27)36(44)48-31-23-24-32(33(39)26-31)37(45)49-34(38(40,41)42)13-12-25-46-4-2/h15-24,26,34H,3-14,25H2,1-2H3/t34-/m1/s1. The molecule has 266 valence electrons. The van der Waals surface area contributed by atoms with Crippen LogP contribution in [0.15, 0.2) is 66.7 Å². The molecule has 0 saturated carbocycles. The first-order chi connectivity index (χ1) is 23.5. The van der Waals surface area contributed by atoms with E-state index in [0.29, 0.717) is 18.8 Å². The maximum Gasteiger partial charge on any atom is 0.425 e. The lowest BCUT2D eigenvalue weighted by molar-refractivity contribution is -0.206. The molecule has 0 aliphatic heterocycles. The first-order valence-electron chi connectivity index (χ1n) is 16.8. The second kappa shape index (κ2) is 20.3. The minimum absolute atomic E-state index is 0.00741. The number of carbonyl (C=O) groups excluding carboxylic acids is 3. The Labute approximate surface area is 284 Å². The van der Waals surface area contributed by atoms with Crippen LogP contribution in [0.4, 0.5) is 17.6 Å². The van der Waals surface area contributed by atoms with E-state index >= 15 is 0 Å². The van der Waals surface area contributed by atoms with E-state index in [1.165, 1.54) is 44.2 Å². The van der Waals surface area contributed by atoms with Gasteiger partial charge in [-0.1, -0.05) is 76.1 Å². The number of rotatable bonds is 20. The van der Waals surface area contributed by atoms with Crippen LogP contribution in [-0.4, -0.2) is 43.4 Å². The van der Waals surface area contributed by atoms with Crippen molar-refractivity contribution in [1.29, 1.82) is 0 Å². The van der Waals surface area contributed by atoms with E-state index in [9.17, 15) is 31.9 Å². The van der Waals surface area contributed by atoms with Gasteiger partial charge in [-0.3, -0.25) is 4.79 Å². The number of halogens is 4. The number of alkyl halides is 3. The number of hydrogen-bond donors (Lipinski definition) is 0. The van der Waals surface area contributed by atoms with Gasteiger partial charge in [0.15, 0.2) is 6.10 Å². The molecule has 3 aromatic rings. The van der Waals surface area contributed by atoms with Crippen LogP contribution in [-0.2, 0) is 14.3 Å². The zero-order chi connectivity index (χ0) is 35.6. The van der Waals surface area contributed by atoms with Crippen LogP contribution in [0.5, 0.6) is 11.5 Å². The van der Waals surface area contributed by atoms with Crippen molar-refractivity contribution < 1.29 is 50.9 Å². The summed E-state index contributed by atoms with van der Waals surface area (Å²) in [5.74, 6) is -3.59. The van der Waals surface area contributed by atoms with Crippen molar-refractivity contribution in [2.75, 3.05) is 13.2 Å². The monoisotopic (exact) mass is 688 g/mol. The Hall–Kier alpha value is -4.25. The number of carbonyl (C=O) groups is 3. The molecule has 49 heavy (non-hydrogen) atoms. The van der Waals surface area contributed by atoms with Crippen molar-refractivity contribution in [2.24, 2.45) is 0 Å². The first-order valence-corrected chi connectivity index (χ1v) is 16.8. The van der Waals surface area contributed by atoms with Crippen LogP contribution in [0.25, 0.3) is 11.1 Å². The highest BCUT2D eigenvalue weighted by Crippen LogP contribution is 2.29. The molecule has 3 rings (SSSR count). The summed E-state index contributed by atoms with van der Waals surface area (Å²) in [6, 6.07) is 16.1. The Kier molecular flexibility index (Phi) is 16.2. The van der Waals surface area contributed by atoms with Gasteiger partial charge in [0.1, 0.15) is 17.3 Å². The van der Waals surface area contributed by atoms with Gasteiger partial charge >= 0.3 is 24.1 Å². The maximum atomic E-state index is 14.7. The van der Waals surface area contributed by atoms with E-state index in [2.05, 4.69) is 11.7 Å². The van der Waals surface area contributed by atoms with Gasteiger partial charge in [0.25, 0.3) is 0 Å². The van der Waals surface area contributed by atoms with Gasteiger partial charge in [-0.25, -0.2) is 14.0 Å². The fourth-order valence-corrected chi connectivity index (χ4v) is 4.99. The molecule has 1 atom stereocenters. The third-order valence-corrected chi connectivity index (χ3v) is 7.72. The lowest BCUT2D eigenvalue weighted by Crippen LogP contribution is -2.34. The van der Waals surface area contributed by atoms with Crippen LogP contribution in [0.3, 0.4) is 0 Å². The van der Waals surface area contributed by atoms with Gasteiger partial charge in [-0.15, -0.1) is 0 Å². The van der Waals surface area contributed by atoms with Crippen LogP contribution >= 0.6 is 0 Å². The van der Waals surface area contributed by atoms with Gasteiger partial charge < -0.3 is 18.9 Å². The van der Waals surface area contributed by atoms with Crippen LogP contribution < -0.4 is 9.47 Å². The minimum Gasteiger partial charge on any atom is -0.449 e. The van der Waals surface area contributed by atoms with Crippen molar-refractivity contribution >= 4 is 17.9 Å². The van der Waals surface area contributed by atoms with E-state index in [1.807, 2.05) is 0 Å². The summed E-state index contributed by atoms with van der Waals surface area (Å²) in [4.78, 5) is 37.2. The first kappa shape index (κ1) is 39.2. The molecule has 0 bridgehead atoms. The number of ether oxygens (including phenoxy) is 4. The SMILES string of the molecule is CCCCCCCCCCC(=O)Oc1ccc(-c2ccc(C(=O)Oc3ccc(C(=O)O[C@H](CCCOCC)C(F)(F)F)c(F)c3)cc2)cc1. The lowest BCUT2D eigenvalue weighted by Gasteiger charge is -2.21. The van der Waals surface area contributed by atoms with Crippen molar-refractivity contribution in [2.45, 2.75) is 96.8 Å². The van der Waals surface area contributed by atoms with E-state index < -0.39 is 42.0 Å². The zero-order valence-electron chi connectivity index (χ0n) is 28.0. The molecule has 0 aliphatic rings. The van der Waals surface area contributed by atoms with Crippen molar-refractivity contribution in [3.8, 4) is 22.6 Å². The smallest absolute Gasteiger partial charge is 0.425 e. The summed E-state index contributed by atoms with van der Waals surface area (Å²) >= 11 is 0. The molecule has 7 nitrogen and oxygen atoms in total. The Morgan fingerprint density at radius 3 is 1.88 bits per heavy atom. The highest BCUT2D eigenvalue weighted by Gasteiger charge is 2.42. The highest BCUT2D eigenvalue weighted by molar-refractivity contribution is 5.92. The van der Waals surface area contributed by atoms with Crippen molar-refractivity contribution in [3.63, 3.8) is 0 Å². The molecular weight excluding hydrogens is 644 g/mol. The Morgan fingerprint density at radius 2 is 1.29 bits per heavy atom. The number of esters is 3.